The Morgan fingerprint density at radius 1 is 1.26 bits per heavy atom. The van der Waals surface area contributed by atoms with Gasteiger partial charge in [0.2, 0.25) is 0 Å². The molecule has 2 atom stereocenters. The second kappa shape index (κ2) is 4.37. The summed E-state index contributed by atoms with van der Waals surface area (Å²) in [5, 5.41) is 19.7. The van der Waals surface area contributed by atoms with Crippen LogP contribution >= 0.6 is 0 Å². The number of hydrogen-bond acceptors (Lipinski definition) is 4. The first kappa shape index (κ1) is 15.8. The van der Waals surface area contributed by atoms with E-state index in [9.17, 15) is 19.8 Å². The first-order chi connectivity index (χ1) is 8.29. The van der Waals surface area contributed by atoms with Crippen molar-refractivity contribution in [2.75, 3.05) is 6.54 Å². The maximum Gasteiger partial charge on any atom is 0.411 e. The molecule has 19 heavy (non-hydrogen) atoms. The maximum atomic E-state index is 12.1. The lowest BCUT2D eigenvalue weighted by Crippen LogP contribution is -2.49. The van der Waals surface area contributed by atoms with Crippen LogP contribution in [0, 0.1) is 5.41 Å². The zero-order valence-electron chi connectivity index (χ0n) is 12.4. The molecule has 0 aromatic carbocycles. The molecule has 0 bridgehead atoms. The second-order valence-corrected chi connectivity index (χ2v) is 6.84. The number of carboxylic acids is 1. The number of nitrogens with zero attached hydrogens (tertiary/aromatic N) is 1. The van der Waals surface area contributed by atoms with Crippen LogP contribution in [0.1, 0.15) is 41.5 Å². The average Bonchev–Trinajstić information content (AvgIpc) is 2.30. The summed E-state index contributed by atoms with van der Waals surface area (Å²) in [7, 11) is 0. The van der Waals surface area contributed by atoms with Gasteiger partial charge in [0.05, 0.1) is 12.1 Å². The van der Waals surface area contributed by atoms with Crippen LogP contribution in [0.4, 0.5) is 4.79 Å². The van der Waals surface area contributed by atoms with E-state index in [1.165, 1.54) is 6.92 Å². The first-order valence-corrected chi connectivity index (χ1v) is 6.24. The first-order valence-electron chi connectivity index (χ1n) is 6.24. The fraction of sp³-hybridized carbons (Fsp3) is 0.846. The third kappa shape index (κ3) is 2.83. The lowest BCUT2D eigenvalue weighted by Gasteiger charge is -2.34. The molecule has 1 rings (SSSR count). The molecule has 0 aromatic rings. The van der Waals surface area contributed by atoms with Crippen molar-refractivity contribution < 1.29 is 24.5 Å². The van der Waals surface area contributed by atoms with Gasteiger partial charge < -0.3 is 14.9 Å². The maximum absolute atomic E-state index is 12.1. The molecular weight excluding hydrogens is 250 g/mol. The van der Waals surface area contributed by atoms with E-state index in [-0.39, 0.29) is 6.54 Å². The molecule has 0 aromatic heterocycles. The van der Waals surface area contributed by atoms with Crippen LogP contribution in [0.5, 0.6) is 0 Å². The summed E-state index contributed by atoms with van der Waals surface area (Å²) in [5.41, 5.74) is -2.96. The molecular formula is C13H23NO5. The standard InChI is InChI=1S/C13H23NO5/c1-11(2,3)19-10(17)14-7-13(6,18)12(4,5)8(14)9(15)16/h8,18H,7H2,1-6H3,(H,15,16)/t8-,13+/m1/s1. The number of hydrogen-bond donors (Lipinski definition) is 2. The Kier molecular flexibility index (Phi) is 3.62. The summed E-state index contributed by atoms with van der Waals surface area (Å²) in [5.74, 6) is -1.14. The number of carbonyl (C=O) groups excluding carboxylic acids is 1. The van der Waals surface area contributed by atoms with Crippen LogP contribution in [0.3, 0.4) is 0 Å². The van der Waals surface area contributed by atoms with E-state index < -0.39 is 34.7 Å². The van der Waals surface area contributed by atoms with Gasteiger partial charge in [0.15, 0.2) is 0 Å². The molecule has 2 N–H and O–H groups in total. The van der Waals surface area contributed by atoms with Gasteiger partial charge in [0.25, 0.3) is 0 Å². The molecule has 110 valence electrons. The molecule has 0 unspecified atom stereocenters. The number of amides is 1. The van der Waals surface area contributed by atoms with E-state index in [1.807, 2.05) is 0 Å². The highest BCUT2D eigenvalue weighted by atomic mass is 16.6. The van der Waals surface area contributed by atoms with Crippen molar-refractivity contribution in [2.24, 2.45) is 5.41 Å². The van der Waals surface area contributed by atoms with Gasteiger partial charge in [-0.3, -0.25) is 4.90 Å². The van der Waals surface area contributed by atoms with E-state index in [1.54, 1.807) is 34.6 Å². The Morgan fingerprint density at radius 3 is 2.11 bits per heavy atom. The summed E-state index contributed by atoms with van der Waals surface area (Å²) in [6, 6.07) is -1.11. The number of carbonyl (C=O) groups is 2. The molecule has 1 fully saturated rings. The van der Waals surface area contributed by atoms with Gasteiger partial charge in [0, 0.05) is 5.41 Å². The molecule has 1 amide bonds. The summed E-state index contributed by atoms with van der Waals surface area (Å²) in [6.45, 7) is 9.87. The largest absolute Gasteiger partial charge is 0.480 e. The monoisotopic (exact) mass is 273 g/mol. The SMILES string of the molecule is CC(C)(C)OC(=O)N1C[C@](C)(O)C(C)(C)[C@H]1C(=O)O. The molecule has 0 spiro atoms. The molecule has 1 aliphatic rings. The molecule has 6 heteroatoms. The van der Waals surface area contributed by atoms with Crippen molar-refractivity contribution in [3.05, 3.63) is 0 Å². The Hall–Kier alpha value is -1.30. The quantitative estimate of drug-likeness (QED) is 0.755. The van der Waals surface area contributed by atoms with Gasteiger partial charge in [-0.05, 0) is 27.7 Å². The lowest BCUT2D eigenvalue weighted by atomic mass is 9.74. The van der Waals surface area contributed by atoms with Crippen LogP contribution in [0.25, 0.3) is 0 Å². The minimum absolute atomic E-state index is 0.0636. The summed E-state index contributed by atoms with van der Waals surface area (Å²) in [4.78, 5) is 24.6. The highest BCUT2D eigenvalue weighted by Crippen LogP contribution is 2.44. The third-order valence-electron chi connectivity index (χ3n) is 3.72. The van der Waals surface area contributed by atoms with Crippen molar-refractivity contribution in [3.63, 3.8) is 0 Å². The number of likely N-dealkylation sites (tertiary alicyclic amines) is 1. The Labute approximate surface area is 113 Å². The van der Waals surface area contributed by atoms with Gasteiger partial charge >= 0.3 is 12.1 Å². The Balaban J connectivity index is 3.08. The van der Waals surface area contributed by atoms with Crippen molar-refractivity contribution in [1.82, 2.24) is 4.90 Å². The van der Waals surface area contributed by atoms with Gasteiger partial charge in [-0.1, -0.05) is 13.8 Å². The number of β-amino-alcohol motifs (C(OH)–C–C–N with tert-alkyl or cyclic N) is 1. The average molecular weight is 273 g/mol. The highest BCUT2D eigenvalue weighted by molar-refractivity contribution is 5.82. The topological polar surface area (TPSA) is 87.1 Å². The van der Waals surface area contributed by atoms with E-state index in [2.05, 4.69) is 0 Å². The highest BCUT2D eigenvalue weighted by Gasteiger charge is 2.60. The van der Waals surface area contributed by atoms with E-state index in [4.69, 9.17) is 4.74 Å². The molecule has 0 radical (unpaired) electrons. The normalized spacial score (nSPS) is 30.3. The van der Waals surface area contributed by atoms with Gasteiger partial charge in [-0.2, -0.15) is 0 Å². The molecule has 0 saturated carbocycles. The summed E-state index contributed by atoms with van der Waals surface area (Å²) >= 11 is 0. The minimum atomic E-state index is -1.28. The van der Waals surface area contributed by atoms with Gasteiger partial charge in [0.1, 0.15) is 11.6 Å². The zero-order chi connectivity index (χ0) is 15.2. The Morgan fingerprint density at radius 2 is 1.74 bits per heavy atom. The van der Waals surface area contributed by atoms with Crippen molar-refractivity contribution in [3.8, 4) is 0 Å². The molecule has 1 heterocycles. The minimum Gasteiger partial charge on any atom is -0.480 e. The van der Waals surface area contributed by atoms with E-state index in [0.29, 0.717) is 0 Å². The van der Waals surface area contributed by atoms with Crippen LogP contribution < -0.4 is 0 Å². The zero-order valence-corrected chi connectivity index (χ0v) is 12.4. The number of carboxylic acid groups (broad SMARTS) is 1. The summed E-state index contributed by atoms with van der Waals surface area (Å²) < 4.78 is 5.20. The van der Waals surface area contributed by atoms with E-state index >= 15 is 0 Å². The van der Waals surface area contributed by atoms with Crippen molar-refractivity contribution >= 4 is 12.1 Å². The number of aliphatic carboxylic acids is 1. The smallest absolute Gasteiger partial charge is 0.411 e. The number of ether oxygens (including phenoxy) is 1. The fourth-order valence-corrected chi connectivity index (χ4v) is 2.24. The number of rotatable bonds is 1. The molecule has 1 aliphatic heterocycles. The van der Waals surface area contributed by atoms with E-state index in [0.717, 1.165) is 4.90 Å². The number of aliphatic hydroxyl groups is 1. The second-order valence-electron chi connectivity index (χ2n) is 6.84. The summed E-state index contributed by atoms with van der Waals surface area (Å²) in [6.07, 6.45) is -0.717. The predicted octanol–water partition coefficient (Wildman–Crippen LogP) is 1.47. The fourth-order valence-electron chi connectivity index (χ4n) is 2.24. The molecule has 1 saturated heterocycles. The lowest BCUT2D eigenvalue weighted by molar-refractivity contribution is -0.147. The predicted molar refractivity (Wildman–Crippen MR) is 68.8 cm³/mol. The van der Waals surface area contributed by atoms with Gasteiger partial charge in [-0.15, -0.1) is 0 Å². The molecule has 0 aliphatic carbocycles. The van der Waals surface area contributed by atoms with Crippen LogP contribution in [0.15, 0.2) is 0 Å². The van der Waals surface area contributed by atoms with Crippen molar-refractivity contribution in [2.45, 2.75) is 58.8 Å². The molecule has 6 nitrogen and oxygen atoms in total. The van der Waals surface area contributed by atoms with Crippen LogP contribution in [-0.4, -0.2) is 51.0 Å². The van der Waals surface area contributed by atoms with Crippen molar-refractivity contribution in [1.29, 1.82) is 0 Å². The Bertz CT molecular complexity index is 394. The van der Waals surface area contributed by atoms with Crippen LogP contribution in [0.2, 0.25) is 0 Å². The van der Waals surface area contributed by atoms with Gasteiger partial charge in [-0.25, -0.2) is 9.59 Å². The van der Waals surface area contributed by atoms with Crippen LogP contribution in [-0.2, 0) is 9.53 Å². The third-order valence-corrected chi connectivity index (χ3v) is 3.72.